The lowest BCUT2D eigenvalue weighted by atomic mass is 9.86. The first kappa shape index (κ1) is 35.3. The van der Waals surface area contributed by atoms with Crippen molar-refractivity contribution in [1.82, 2.24) is 9.97 Å². The highest BCUT2D eigenvalue weighted by Crippen LogP contribution is 2.39. The minimum atomic E-state index is -3.64. The molecule has 5 aromatic rings. The van der Waals surface area contributed by atoms with Gasteiger partial charge < -0.3 is 14.2 Å². The fraction of sp³-hybridized carbons (Fsp3) is 0.250. The molecule has 0 saturated carbocycles. The van der Waals surface area contributed by atoms with Crippen LogP contribution in [0.5, 0.6) is 11.5 Å². The van der Waals surface area contributed by atoms with Crippen LogP contribution in [0.1, 0.15) is 53.6 Å². The zero-order valence-electron chi connectivity index (χ0n) is 28.3. The summed E-state index contributed by atoms with van der Waals surface area (Å²) in [5.74, 6) is 0.592. The molecule has 0 saturated heterocycles. The lowest BCUT2D eigenvalue weighted by Crippen LogP contribution is -2.18. The minimum Gasteiger partial charge on any atom is -0.492 e. The first-order valence-corrected chi connectivity index (χ1v) is 19.0. The third-order valence-corrected chi connectivity index (χ3v) is 8.74. The number of aromatic nitrogens is 2. The second-order valence-electron chi connectivity index (χ2n) is 12.9. The maximum absolute atomic E-state index is 13.7. The second kappa shape index (κ2) is 13.5. The summed E-state index contributed by atoms with van der Waals surface area (Å²) < 4.78 is 60.4. The van der Waals surface area contributed by atoms with Gasteiger partial charge in [0.05, 0.1) is 36.5 Å². The number of hydrogen-bond donors (Lipinski definition) is 2. The van der Waals surface area contributed by atoms with Gasteiger partial charge in [-0.2, -0.15) is 8.42 Å². The summed E-state index contributed by atoms with van der Waals surface area (Å²) in [5.41, 5.74) is 5.61. The Labute approximate surface area is 286 Å². The lowest BCUT2D eigenvalue weighted by molar-refractivity contribution is 0.102. The average molecular weight is 703 g/mol. The summed E-state index contributed by atoms with van der Waals surface area (Å²) in [6, 6.07) is 21.5. The fourth-order valence-electron chi connectivity index (χ4n) is 5.31. The van der Waals surface area contributed by atoms with Gasteiger partial charge in [0.2, 0.25) is 10.0 Å². The maximum atomic E-state index is 13.7. The van der Waals surface area contributed by atoms with Crippen LogP contribution < -0.4 is 19.0 Å². The van der Waals surface area contributed by atoms with Gasteiger partial charge in [-0.05, 0) is 88.7 Å². The van der Waals surface area contributed by atoms with Gasteiger partial charge in [-0.25, -0.2) is 18.4 Å². The lowest BCUT2D eigenvalue weighted by Gasteiger charge is -2.24. The number of rotatable bonds is 10. The number of aryl methyl sites for hydroxylation is 1. The molecule has 1 heterocycles. The molecular formula is C36H38N4O7S2. The van der Waals surface area contributed by atoms with Crippen LogP contribution >= 0.6 is 0 Å². The van der Waals surface area contributed by atoms with E-state index < -0.39 is 26.0 Å². The zero-order valence-corrected chi connectivity index (χ0v) is 29.9. The van der Waals surface area contributed by atoms with Crippen LogP contribution in [0.3, 0.4) is 0 Å². The summed E-state index contributed by atoms with van der Waals surface area (Å²) in [6.45, 7) is 7.93. The van der Waals surface area contributed by atoms with Crippen LogP contribution in [0.15, 0.2) is 79.0 Å². The summed E-state index contributed by atoms with van der Waals surface area (Å²) in [6.07, 6.45) is 4.17. The van der Waals surface area contributed by atoms with E-state index in [0.717, 1.165) is 51.2 Å². The second-order valence-corrected chi connectivity index (χ2v) is 16.2. The van der Waals surface area contributed by atoms with Gasteiger partial charge in [0.1, 0.15) is 11.6 Å². The number of fused-ring (bicyclic) bond motifs is 1. The first-order chi connectivity index (χ1) is 22.9. The van der Waals surface area contributed by atoms with Crippen molar-refractivity contribution in [2.24, 2.45) is 0 Å². The zero-order chi connectivity index (χ0) is 35.7. The Morgan fingerprint density at radius 1 is 0.898 bits per heavy atom. The largest absolute Gasteiger partial charge is 0.492 e. The molecule has 256 valence electrons. The monoisotopic (exact) mass is 702 g/mol. The van der Waals surface area contributed by atoms with Crippen LogP contribution in [0.2, 0.25) is 0 Å². The molecule has 13 heteroatoms. The van der Waals surface area contributed by atoms with Gasteiger partial charge in [0.15, 0.2) is 5.75 Å². The topological polar surface area (TPSA) is 154 Å². The number of sulfonamides is 1. The van der Waals surface area contributed by atoms with E-state index in [1.54, 1.807) is 42.6 Å². The van der Waals surface area contributed by atoms with E-state index in [0.29, 0.717) is 23.5 Å². The molecule has 0 aliphatic heterocycles. The number of carbonyl (C=O) groups excluding carboxylic acids is 1. The molecule has 0 aliphatic carbocycles. The molecule has 0 bridgehead atoms. The molecule has 1 amide bonds. The Bertz CT molecular complexity index is 2300. The van der Waals surface area contributed by atoms with Crippen LogP contribution in [0, 0.1) is 6.92 Å². The minimum absolute atomic E-state index is 0.197. The van der Waals surface area contributed by atoms with E-state index in [1.807, 2.05) is 64.1 Å². The summed E-state index contributed by atoms with van der Waals surface area (Å²) in [4.78, 5) is 22.9. The van der Waals surface area contributed by atoms with Crippen molar-refractivity contribution in [1.29, 1.82) is 0 Å². The van der Waals surface area contributed by atoms with Crippen LogP contribution in [0.4, 0.5) is 11.4 Å². The normalized spacial score (nSPS) is 12.1. The molecule has 0 fully saturated rings. The number of anilines is 2. The quantitative estimate of drug-likeness (QED) is 0.156. The van der Waals surface area contributed by atoms with Gasteiger partial charge in [-0.15, -0.1) is 0 Å². The molecule has 11 nitrogen and oxygen atoms in total. The SMILES string of the molecule is COc1c(NC(=O)c2ccc(C)c(-c3ccc4nc(Cc5cccc(OS(C)(=O)=O)c5)ncc4c3)c2)cc(C(C)(C)C)cc1NS(C)(=O)=O. The average Bonchev–Trinajstić information content (AvgIpc) is 2.99. The molecule has 0 atom stereocenters. The van der Waals surface area contributed by atoms with Gasteiger partial charge in [-0.3, -0.25) is 9.52 Å². The van der Waals surface area contributed by atoms with Crippen LogP contribution in [-0.4, -0.2) is 52.3 Å². The molecule has 49 heavy (non-hydrogen) atoms. The summed E-state index contributed by atoms with van der Waals surface area (Å²) in [5, 5.41) is 3.73. The van der Waals surface area contributed by atoms with Gasteiger partial charge in [0.25, 0.3) is 5.91 Å². The Morgan fingerprint density at radius 3 is 2.31 bits per heavy atom. The Kier molecular flexibility index (Phi) is 9.71. The number of methoxy groups -OCH3 is 1. The highest BCUT2D eigenvalue weighted by molar-refractivity contribution is 7.92. The molecule has 0 radical (unpaired) electrons. The van der Waals surface area contributed by atoms with Crippen LogP contribution in [0.25, 0.3) is 22.0 Å². The van der Waals surface area contributed by atoms with E-state index >= 15 is 0 Å². The predicted octanol–water partition coefficient (Wildman–Crippen LogP) is 6.46. The fourth-order valence-corrected chi connectivity index (χ4v) is 6.31. The molecule has 5 rings (SSSR count). The highest BCUT2D eigenvalue weighted by atomic mass is 32.2. The summed E-state index contributed by atoms with van der Waals surface area (Å²) in [7, 11) is -5.85. The van der Waals surface area contributed by atoms with Crippen molar-refractivity contribution in [3.05, 3.63) is 107 Å². The van der Waals surface area contributed by atoms with E-state index in [2.05, 4.69) is 15.0 Å². The number of benzene rings is 4. The van der Waals surface area contributed by atoms with Crippen molar-refractivity contribution in [3.8, 4) is 22.6 Å². The molecule has 1 aromatic heterocycles. The smallest absolute Gasteiger partial charge is 0.306 e. The highest BCUT2D eigenvalue weighted by Gasteiger charge is 2.23. The third kappa shape index (κ3) is 8.92. The van der Waals surface area contributed by atoms with Crippen molar-refractivity contribution >= 4 is 48.3 Å². The Balaban J connectivity index is 1.42. The molecular weight excluding hydrogens is 665 g/mol. The van der Waals surface area contributed by atoms with E-state index in [-0.39, 0.29) is 22.6 Å². The number of ether oxygens (including phenoxy) is 1. The Hall–Kier alpha value is -5.01. The Morgan fingerprint density at radius 2 is 1.63 bits per heavy atom. The van der Waals surface area contributed by atoms with E-state index in [9.17, 15) is 21.6 Å². The number of nitrogens with one attached hydrogen (secondary N) is 2. The standard InChI is InChI=1S/C36H38N4O7S2/c1-22-11-12-25(35(41)39-31-19-27(36(2,3)4)20-32(34(31)46-5)40-48(6,42)43)18-29(22)24-13-14-30-26(17-24)21-37-33(38-30)16-23-9-8-10-28(15-23)47-49(7,44)45/h8-15,17-21,40H,16H2,1-7H3,(H,39,41). The number of nitrogens with zero attached hydrogens (tertiary/aromatic N) is 2. The summed E-state index contributed by atoms with van der Waals surface area (Å²) >= 11 is 0. The number of carbonyl (C=O) groups is 1. The molecule has 0 spiro atoms. The molecule has 0 unspecified atom stereocenters. The molecule has 0 aliphatic rings. The first-order valence-electron chi connectivity index (χ1n) is 15.3. The predicted molar refractivity (Wildman–Crippen MR) is 193 cm³/mol. The van der Waals surface area contributed by atoms with Gasteiger partial charge in [0, 0.05) is 23.6 Å². The van der Waals surface area contributed by atoms with E-state index in [4.69, 9.17) is 13.9 Å². The van der Waals surface area contributed by atoms with Crippen LogP contribution in [-0.2, 0) is 32.0 Å². The van der Waals surface area contributed by atoms with E-state index in [1.165, 1.54) is 7.11 Å². The number of hydrogen-bond acceptors (Lipinski definition) is 9. The maximum Gasteiger partial charge on any atom is 0.306 e. The molecule has 4 aromatic carbocycles. The van der Waals surface area contributed by atoms with Gasteiger partial charge in [-0.1, -0.05) is 45.0 Å². The van der Waals surface area contributed by atoms with Crippen molar-refractivity contribution in [2.45, 2.75) is 39.5 Å². The third-order valence-electron chi connectivity index (χ3n) is 7.65. The molecule has 2 N–H and O–H groups in total. The van der Waals surface area contributed by atoms with Crippen molar-refractivity contribution in [3.63, 3.8) is 0 Å². The number of amides is 1. The van der Waals surface area contributed by atoms with Crippen molar-refractivity contribution < 1.29 is 30.6 Å². The van der Waals surface area contributed by atoms with Crippen molar-refractivity contribution in [2.75, 3.05) is 29.7 Å². The van der Waals surface area contributed by atoms with Gasteiger partial charge >= 0.3 is 10.1 Å².